The molecule has 0 atom stereocenters. The molecule has 112 valence electrons. The Balaban J connectivity index is 1.90. The van der Waals surface area contributed by atoms with Crippen molar-refractivity contribution in [3.8, 4) is 5.75 Å². The highest BCUT2D eigenvalue weighted by molar-refractivity contribution is 7.09. The minimum absolute atomic E-state index is 0.191. The van der Waals surface area contributed by atoms with E-state index in [1.54, 1.807) is 35.6 Å². The summed E-state index contributed by atoms with van der Waals surface area (Å²) in [6.45, 7) is 4.77. The van der Waals surface area contributed by atoms with Crippen molar-refractivity contribution in [1.82, 2.24) is 4.98 Å². The van der Waals surface area contributed by atoms with Crippen molar-refractivity contribution in [3.63, 3.8) is 0 Å². The Morgan fingerprint density at radius 3 is 2.86 bits per heavy atom. The second kappa shape index (κ2) is 7.22. The lowest BCUT2D eigenvalue weighted by Gasteiger charge is -2.07. The lowest BCUT2D eigenvalue weighted by atomic mass is 10.1. The van der Waals surface area contributed by atoms with Gasteiger partial charge in [-0.1, -0.05) is 26.0 Å². The van der Waals surface area contributed by atoms with E-state index in [-0.39, 0.29) is 5.56 Å². The van der Waals surface area contributed by atoms with Gasteiger partial charge in [-0.05, 0) is 18.1 Å². The molecule has 0 aliphatic rings. The van der Waals surface area contributed by atoms with Gasteiger partial charge in [0.05, 0.1) is 17.3 Å². The maximum Gasteiger partial charge on any atom is 0.339 e. The normalized spacial score (nSPS) is 10.8. The summed E-state index contributed by atoms with van der Waals surface area (Å²) in [5, 5.41) is 12.3. The van der Waals surface area contributed by atoms with Crippen LogP contribution in [-0.2, 0) is 12.8 Å². The molecule has 0 saturated heterocycles. The molecule has 0 amide bonds. The van der Waals surface area contributed by atoms with Crippen LogP contribution in [0.3, 0.4) is 0 Å². The number of para-hydroxylation sites is 1. The zero-order valence-corrected chi connectivity index (χ0v) is 13.0. The van der Waals surface area contributed by atoms with Gasteiger partial charge in [0.2, 0.25) is 0 Å². The standard InChI is InChI=1S/C16H19NO3S/c1-11(2)9-15-17-12(10-21-15)7-8-20-14-6-4-3-5-13(14)16(18)19/h3-6,10-11H,7-9H2,1-2H3,(H,18,19). The van der Waals surface area contributed by atoms with E-state index in [1.807, 2.05) is 5.38 Å². The Morgan fingerprint density at radius 1 is 1.38 bits per heavy atom. The molecule has 1 N–H and O–H groups in total. The van der Waals surface area contributed by atoms with Crippen LogP contribution in [0.1, 0.15) is 34.9 Å². The molecule has 2 rings (SSSR count). The maximum atomic E-state index is 11.1. The summed E-state index contributed by atoms with van der Waals surface area (Å²) in [7, 11) is 0. The van der Waals surface area contributed by atoms with Gasteiger partial charge in [-0.3, -0.25) is 0 Å². The second-order valence-electron chi connectivity index (χ2n) is 5.23. The minimum Gasteiger partial charge on any atom is -0.492 e. The smallest absolute Gasteiger partial charge is 0.339 e. The molecular weight excluding hydrogens is 286 g/mol. The largest absolute Gasteiger partial charge is 0.492 e. The number of rotatable bonds is 7. The van der Waals surface area contributed by atoms with E-state index < -0.39 is 5.97 Å². The SMILES string of the molecule is CC(C)Cc1nc(CCOc2ccccc2C(=O)O)cs1. The third kappa shape index (κ3) is 4.56. The zero-order valence-electron chi connectivity index (χ0n) is 12.2. The van der Waals surface area contributed by atoms with E-state index in [1.165, 1.54) is 0 Å². The molecule has 21 heavy (non-hydrogen) atoms. The van der Waals surface area contributed by atoms with E-state index in [0.29, 0.717) is 24.7 Å². The molecule has 0 saturated carbocycles. The number of carboxylic acid groups (broad SMARTS) is 1. The predicted octanol–water partition coefficient (Wildman–Crippen LogP) is 3.66. The molecule has 0 aliphatic heterocycles. The van der Waals surface area contributed by atoms with E-state index in [2.05, 4.69) is 18.8 Å². The maximum absolute atomic E-state index is 11.1. The Labute approximate surface area is 128 Å². The summed E-state index contributed by atoms with van der Waals surface area (Å²) < 4.78 is 5.58. The molecule has 0 fully saturated rings. The van der Waals surface area contributed by atoms with E-state index in [0.717, 1.165) is 17.1 Å². The number of hydrogen-bond donors (Lipinski definition) is 1. The summed E-state index contributed by atoms with van der Waals surface area (Å²) in [6.07, 6.45) is 1.68. The second-order valence-corrected chi connectivity index (χ2v) is 6.17. The van der Waals surface area contributed by atoms with Crippen molar-refractivity contribution in [2.24, 2.45) is 5.92 Å². The Kier molecular flexibility index (Phi) is 5.33. The van der Waals surface area contributed by atoms with Gasteiger partial charge in [0.15, 0.2) is 0 Å². The zero-order chi connectivity index (χ0) is 15.2. The van der Waals surface area contributed by atoms with Crippen LogP contribution in [0.4, 0.5) is 0 Å². The highest BCUT2D eigenvalue weighted by atomic mass is 32.1. The highest BCUT2D eigenvalue weighted by Crippen LogP contribution is 2.19. The number of thiazole rings is 1. The third-order valence-electron chi connectivity index (χ3n) is 2.92. The van der Waals surface area contributed by atoms with Gasteiger partial charge >= 0.3 is 5.97 Å². The van der Waals surface area contributed by atoms with Crippen molar-refractivity contribution >= 4 is 17.3 Å². The van der Waals surface area contributed by atoms with Gasteiger partial charge in [0, 0.05) is 18.2 Å². The number of aromatic carboxylic acids is 1. The monoisotopic (exact) mass is 305 g/mol. The van der Waals surface area contributed by atoms with Gasteiger partial charge < -0.3 is 9.84 Å². The quantitative estimate of drug-likeness (QED) is 0.848. The van der Waals surface area contributed by atoms with Crippen molar-refractivity contribution in [2.45, 2.75) is 26.7 Å². The first-order valence-corrected chi connectivity index (χ1v) is 7.82. The van der Waals surface area contributed by atoms with Gasteiger partial charge in [0.1, 0.15) is 11.3 Å². The van der Waals surface area contributed by atoms with Crippen LogP contribution in [0, 0.1) is 5.92 Å². The first-order chi connectivity index (χ1) is 10.1. The van der Waals surface area contributed by atoms with Crippen LogP contribution >= 0.6 is 11.3 Å². The van der Waals surface area contributed by atoms with Gasteiger partial charge in [-0.25, -0.2) is 9.78 Å². The lowest BCUT2D eigenvalue weighted by Crippen LogP contribution is -2.06. The van der Waals surface area contributed by atoms with Crippen molar-refractivity contribution in [2.75, 3.05) is 6.61 Å². The van der Waals surface area contributed by atoms with Crippen LogP contribution in [0.5, 0.6) is 5.75 Å². The molecule has 1 aromatic carbocycles. The van der Waals surface area contributed by atoms with Crippen molar-refractivity contribution < 1.29 is 14.6 Å². The average Bonchev–Trinajstić information content (AvgIpc) is 2.86. The minimum atomic E-state index is -0.974. The number of hydrogen-bond acceptors (Lipinski definition) is 4. The number of benzene rings is 1. The molecule has 0 unspecified atom stereocenters. The van der Waals surface area contributed by atoms with Crippen LogP contribution in [0.2, 0.25) is 0 Å². The van der Waals surface area contributed by atoms with Gasteiger partial charge in [0.25, 0.3) is 0 Å². The predicted molar refractivity (Wildman–Crippen MR) is 83.3 cm³/mol. The topological polar surface area (TPSA) is 59.4 Å². The molecule has 0 spiro atoms. The Hall–Kier alpha value is -1.88. The molecular formula is C16H19NO3S. The summed E-state index contributed by atoms with van der Waals surface area (Å²) >= 11 is 1.67. The van der Waals surface area contributed by atoms with Crippen LogP contribution in [0.15, 0.2) is 29.6 Å². The molecule has 2 aromatic rings. The van der Waals surface area contributed by atoms with E-state index in [9.17, 15) is 4.79 Å². The lowest BCUT2D eigenvalue weighted by molar-refractivity contribution is 0.0692. The fraction of sp³-hybridized carbons (Fsp3) is 0.375. The summed E-state index contributed by atoms with van der Waals surface area (Å²) in [6, 6.07) is 6.68. The summed E-state index contributed by atoms with van der Waals surface area (Å²) in [5.41, 5.74) is 1.19. The fourth-order valence-corrected chi connectivity index (χ4v) is 2.98. The first-order valence-electron chi connectivity index (χ1n) is 6.94. The highest BCUT2D eigenvalue weighted by Gasteiger charge is 2.10. The first kappa shape index (κ1) is 15.5. The Morgan fingerprint density at radius 2 is 2.14 bits per heavy atom. The summed E-state index contributed by atoms with van der Waals surface area (Å²) in [5.74, 6) is 0.0313. The number of aromatic nitrogens is 1. The molecule has 4 nitrogen and oxygen atoms in total. The van der Waals surface area contributed by atoms with Crippen LogP contribution in [-0.4, -0.2) is 22.7 Å². The van der Waals surface area contributed by atoms with E-state index in [4.69, 9.17) is 9.84 Å². The van der Waals surface area contributed by atoms with Crippen molar-refractivity contribution in [3.05, 3.63) is 45.9 Å². The number of carbonyl (C=O) groups is 1. The molecule has 1 heterocycles. The van der Waals surface area contributed by atoms with Gasteiger partial charge in [-0.15, -0.1) is 11.3 Å². The summed E-state index contributed by atoms with van der Waals surface area (Å²) in [4.78, 5) is 15.6. The number of carboxylic acids is 1. The van der Waals surface area contributed by atoms with Gasteiger partial charge in [-0.2, -0.15) is 0 Å². The molecule has 0 bridgehead atoms. The molecule has 0 aliphatic carbocycles. The average molecular weight is 305 g/mol. The number of ether oxygens (including phenoxy) is 1. The molecule has 0 radical (unpaired) electrons. The van der Waals surface area contributed by atoms with Crippen LogP contribution < -0.4 is 4.74 Å². The molecule has 5 heteroatoms. The van der Waals surface area contributed by atoms with Crippen molar-refractivity contribution in [1.29, 1.82) is 0 Å². The van der Waals surface area contributed by atoms with E-state index >= 15 is 0 Å². The fourth-order valence-electron chi connectivity index (χ4n) is 1.94. The third-order valence-corrected chi connectivity index (χ3v) is 3.84. The Bertz CT molecular complexity index is 607. The molecule has 1 aromatic heterocycles. The number of nitrogens with zero attached hydrogens (tertiary/aromatic N) is 1. The van der Waals surface area contributed by atoms with Crippen LogP contribution in [0.25, 0.3) is 0 Å².